The van der Waals surface area contributed by atoms with Crippen LogP contribution in [0.2, 0.25) is 5.15 Å². The number of aromatic amines is 1. The lowest BCUT2D eigenvalue weighted by atomic mass is 10.0. The van der Waals surface area contributed by atoms with Gasteiger partial charge in [-0.05, 0) is 84.9 Å². The third-order valence-electron chi connectivity index (χ3n) is 8.23. The Morgan fingerprint density at radius 2 is 1.82 bits per heavy atom. The van der Waals surface area contributed by atoms with Crippen LogP contribution in [0.5, 0.6) is 0 Å². The van der Waals surface area contributed by atoms with E-state index in [-0.39, 0.29) is 30.5 Å². The van der Waals surface area contributed by atoms with E-state index in [0.717, 1.165) is 40.1 Å². The lowest BCUT2D eigenvalue weighted by Gasteiger charge is -2.10. The Bertz CT molecular complexity index is 2220. The number of H-pyrrole nitrogens is 1. The monoisotopic (exact) mass is 701 g/mol. The Hall–Kier alpha value is -6.04. The summed E-state index contributed by atoms with van der Waals surface area (Å²) in [6, 6.07) is 21.6. The summed E-state index contributed by atoms with van der Waals surface area (Å²) in [6.07, 6.45) is 10.5. The van der Waals surface area contributed by atoms with E-state index >= 15 is 0 Å². The van der Waals surface area contributed by atoms with E-state index in [1.807, 2.05) is 73.7 Å². The normalized spacial score (nSPS) is 13.1. The van der Waals surface area contributed by atoms with Gasteiger partial charge in [0.2, 0.25) is 0 Å². The van der Waals surface area contributed by atoms with Gasteiger partial charge in [-0.1, -0.05) is 54.1 Å². The number of rotatable bonds is 12. The molecule has 0 unspecified atom stereocenters. The van der Waals surface area contributed by atoms with Crippen LogP contribution in [0.4, 0.5) is 5.69 Å². The average molecular weight is 702 g/mol. The summed E-state index contributed by atoms with van der Waals surface area (Å²) >= 11 is 5.85. The Morgan fingerprint density at radius 1 is 0.961 bits per heavy atom. The maximum absolute atomic E-state index is 13.0. The van der Waals surface area contributed by atoms with Crippen LogP contribution in [0.15, 0.2) is 102 Å². The molecule has 0 atom stereocenters. The van der Waals surface area contributed by atoms with Crippen molar-refractivity contribution in [2.24, 2.45) is 0 Å². The van der Waals surface area contributed by atoms with Crippen molar-refractivity contribution in [3.05, 3.63) is 146 Å². The van der Waals surface area contributed by atoms with Gasteiger partial charge in [0, 0.05) is 60.7 Å². The summed E-state index contributed by atoms with van der Waals surface area (Å²) in [4.78, 5) is 60.6. The minimum absolute atomic E-state index is 0.0358. The molecule has 0 fully saturated rings. The molecule has 1 aliphatic rings. The highest BCUT2D eigenvalue weighted by Gasteiger charge is 2.24. The molecule has 3 aromatic heterocycles. The minimum atomic E-state index is -0.481. The smallest absolute Gasteiger partial charge is 0.263 e. The lowest BCUT2D eigenvalue weighted by molar-refractivity contribution is -0.110. The number of benzene rings is 2. The fraction of sp³-hybridized carbons (Fsp3) is 0.154. The van der Waals surface area contributed by atoms with Gasteiger partial charge < -0.3 is 30.4 Å². The first kappa shape index (κ1) is 34.8. The molecule has 51 heavy (non-hydrogen) atoms. The van der Waals surface area contributed by atoms with Gasteiger partial charge in [0.05, 0.1) is 12.1 Å². The number of hydrogen-bond donors (Lipinski definition) is 4. The van der Waals surface area contributed by atoms with E-state index < -0.39 is 11.5 Å². The molecule has 258 valence electrons. The van der Waals surface area contributed by atoms with Crippen LogP contribution in [0, 0.1) is 0 Å². The number of hydrogen-bond acceptors (Lipinski definition) is 6. The molecule has 0 spiro atoms. The van der Waals surface area contributed by atoms with Crippen molar-refractivity contribution in [3.63, 3.8) is 0 Å². The van der Waals surface area contributed by atoms with E-state index in [1.54, 1.807) is 48.8 Å². The average Bonchev–Trinajstić information content (AvgIpc) is 3.72. The Kier molecular flexibility index (Phi) is 10.7. The zero-order chi connectivity index (χ0) is 35.9. The van der Waals surface area contributed by atoms with Crippen molar-refractivity contribution in [2.75, 3.05) is 39.0 Å². The molecular weight excluding hydrogens is 666 g/mol. The van der Waals surface area contributed by atoms with Crippen LogP contribution >= 0.6 is 11.6 Å². The number of likely N-dealkylation sites (N-methyl/N-ethyl adjacent to an activating group) is 1. The van der Waals surface area contributed by atoms with Crippen LogP contribution in [0.3, 0.4) is 0 Å². The van der Waals surface area contributed by atoms with E-state index in [0.29, 0.717) is 28.5 Å². The van der Waals surface area contributed by atoms with Crippen molar-refractivity contribution in [2.45, 2.75) is 6.54 Å². The van der Waals surface area contributed by atoms with Gasteiger partial charge in [-0.3, -0.25) is 19.2 Å². The second-order valence-electron chi connectivity index (χ2n) is 12.3. The molecule has 3 amide bonds. The highest BCUT2D eigenvalue weighted by molar-refractivity contribution is 6.35. The quantitative estimate of drug-likeness (QED) is 0.105. The second kappa shape index (κ2) is 15.7. The Labute approximate surface area is 299 Å². The molecule has 0 aliphatic carbocycles. The van der Waals surface area contributed by atoms with Gasteiger partial charge in [-0.2, -0.15) is 0 Å². The summed E-state index contributed by atoms with van der Waals surface area (Å²) in [6.45, 7) is 1.77. The second-order valence-corrected chi connectivity index (χ2v) is 12.6. The van der Waals surface area contributed by atoms with Crippen LogP contribution in [0.1, 0.15) is 43.1 Å². The van der Waals surface area contributed by atoms with Crippen LogP contribution in [-0.4, -0.2) is 70.9 Å². The van der Waals surface area contributed by atoms with E-state index in [9.17, 15) is 19.2 Å². The first-order chi connectivity index (χ1) is 24.6. The molecule has 0 bridgehead atoms. The molecule has 5 aromatic rings. The maximum atomic E-state index is 13.0. The van der Waals surface area contributed by atoms with Crippen molar-refractivity contribution >= 4 is 52.7 Å². The summed E-state index contributed by atoms with van der Waals surface area (Å²) in [5.41, 5.74) is 6.31. The number of aromatic nitrogens is 3. The first-order valence-corrected chi connectivity index (χ1v) is 16.7. The van der Waals surface area contributed by atoms with E-state index in [1.165, 1.54) is 10.6 Å². The fourth-order valence-corrected chi connectivity index (χ4v) is 5.70. The predicted molar refractivity (Wildman–Crippen MR) is 200 cm³/mol. The van der Waals surface area contributed by atoms with Gasteiger partial charge in [-0.15, -0.1) is 0 Å². The number of fused-ring (bicyclic) bond motifs is 1. The predicted octanol–water partition coefficient (Wildman–Crippen LogP) is 5.17. The molecule has 2 aromatic carbocycles. The number of carbonyl (C=O) groups is 3. The molecule has 0 saturated heterocycles. The molecule has 0 saturated carbocycles. The Balaban J connectivity index is 1.07. The molecule has 11 nitrogen and oxygen atoms in total. The number of carbonyl (C=O) groups excluding carboxylic acids is 3. The molecule has 4 N–H and O–H groups in total. The number of anilines is 1. The maximum Gasteiger partial charge on any atom is 0.263 e. The number of nitrogens with zero attached hydrogens (tertiary/aromatic N) is 3. The fourth-order valence-electron chi connectivity index (χ4n) is 5.58. The van der Waals surface area contributed by atoms with Crippen LogP contribution < -0.4 is 21.5 Å². The molecule has 0 radical (unpaired) electrons. The van der Waals surface area contributed by atoms with E-state index in [4.69, 9.17) is 11.6 Å². The zero-order valence-electron chi connectivity index (χ0n) is 28.1. The summed E-state index contributed by atoms with van der Waals surface area (Å²) in [7, 11) is 3.91. The van der Waals surface area contributed by atoms with Gasteiger partial charge in [0.1, 0.15) is 10.7 Å². The SMILES string of the molecule is CN(C)CCNC(=O)c1cccc(-c2c[nH]c(/C=C3\C(=O)Nc4cc(/C=C/CNC(=O)c5cccn(Cc6ccc(Cl)nc6)c5=O)ccc43)c2)c1. The van der Waals surface area contributed by atoms with Crippen LogP contribution in [-0.2, 0) is 11.3 Å². The summed E-state index contributed by atoms with van der Waals surface area (Å²) < 4.78 is 1.45. The molecule has 1 aliphatic heterocycles. The molecular formula is C39H36ClN7O4. The third kappa shape index (κ3) is 8.58. The topological polar surface area (TPSA) is 141 Å². The van der Waals surface area contributed by atoms with Gasteiger partial charge in [-0.25, -0.2) is 4.98 Å². The Morgan fingerprint density at radius 3 is 2.63 bits per heavy atom. The number of nitrogens with one attached hydrogen (secondary N) is 4. The van der Waals surface area contributed by atoms with Crippen molar-refractivity contribution < 1.29 is 14.4 Å². The first-order valence-electron chi connectivity index (χ1n) is 16.3. The zero-order valence-corrected chi connectivity index (χ0v) is 28.8. The molecule has 12 heteroatoms. The highest BCUT2D eigenvalue weighted by Crippen LogP contribution is 2.34. The molecule has 4 heterocycles. The van der Waals surface area contributed by atoms with Crippen molar-refractivity contribution in [3.8, 4) is 11.1 Å². The van der Waals surface area contributed by atoms with Gasteiger partial charge >= 0.3 is 0 Å². The number of pyridine rings is 2. The number of halogens is 1. The summed E-state index contributed by atoms with van der Waals surface area (Å²) in [5.74, 6) is -0.824. The standard InChI is InChI=1S/C39H36ClN7O4/c1-46(2)17-15-42-36(48)28-8-3-7-27(19-28)29-20-30(43-23-29)21-33-31-12-10-25(18-34(31)45-38(33)50)6-4-14-41-37(49)32-9-5-16-47(39(32)51)24-26-11-13-35(40)44-22-26/h3-13,16,18-23,43H,14-15,17,24H2,1-2H3,(H,41,49)(H,42,48)(H,45,50)/b6-4+,33-21-. The van der Waals surface area contributed by atoms with Gasteiger partial charge in [0.25, 0.3) is 23.3 Å². The third-order valence-corrected chi connectivity index (χ3v) is 8.46. The van der Waals surface area contributed by atoms with Crippen molar-refractivity contribution in [1.82, 2.24) is 30.1 Å². The highest BCUT2D eigenvalue weighted by atomic mass is 35.5. The minimum Gasteiger partial charge on any atom is -0.361 e. The van der Waals surface area contributed by atoms with E-state index in [2.05, 4.69) is 25.9 Å². The number of amides is 3. The van der Waals surface area contributed by atoms with Gasteiger partial charge in [0.15, 0.2) is 0 Å². The molecule has 6 rings (SSSR count). The summed E-state index contributed by atoms with van der Waals surface area (Å²) in [5, 5.41) is 8.99. The van der Waals surface area contributed by atoms with Crippen molar-refractivity contribution in [1.29, 1.82) is 0 Å². The lowest BCUT2D eigenvalue weighted by Crippen LogP contribution is -2.33. The largest absolute Gasteiger partial charge is 0.361 e. The van der Waals surface area contributed by atoms with Crippen LogP contribution in [0.25, 0.3) is 28.9 Å².